The molecular formula is C59H92O26. The summed E-state index contributed by atoms with van der Waals surface area (Å²) >= 11 is 0. The van der Waals surface area contributed by atoms with Gasteiger partial charge in [0.15, 0.2) is 31.3 Å². The van der Waals surface area contributed by atoms with E-state index in [9.17, 15) is 80.8 Å². The molecule has 13 N–H and O–H groups in total. The van der Waals surface area contributed by atoms with Crippen molar-refractivity contribution in [3.05, 3.63) is 23.3 Å². The molecule has 4 heterocycles. The Bertz CT molecular complexity index is 2490. The highest BCUT2D eigenvalue weighted by Crippen LogP contribution is 2.76. The summed E-state index contributed by atoms with van der Waals surface area (Å²) in [6, 6.07) is 0. The molecule has 0 aromatic heterocycles. The number of rotatable bonds is 14. The first-order valence-corrected chi connectivity index (χ1v) is 29.8. The number of ether oxygens (including phenoxy) is 10. The Balaban J connectivity index is 1.03. The van der Waals surface area contributed by atoms with E-state index in [-0.39, 0.29) is 24.9 Å². The Morgan fingerprint density at radius 1 is 0.671 bits per heavy atom. The van der Waals surface area contributed by atoms with Crippen molar-refractivity contribution in [2.45, 2.75) is 249 Å². The summed E-state index contributed by atoms with van der Waals surface area (Å²) in [7, 11) is 0. The summed E-state index contributed by atoms with van der Waals surface area (Å²) in [6.07, 6.45) is -30.8. The normalized spacial score (nSPS) is 50.5. The van der Waals surface area contributed by atoms with Crippen molar-refractivity contribution in [1.82, 2.24) is 0 Å². The van der Waals surface area contributed by atoms with E-state index in [0.29, 0.717) is 44.1 Å². The van der Waals surface area contributed by atoms with Crippen molar-refractivity contribution in [3.8, 4) is 0 Å². The maximum absolute atomic E-state index is 13.4. The Labute approximate surface area is 493 Å². The fourth-order valence-corrected chi connectivity index (χ4v) is 17.0. The largest absolute Gasteiger partial charge is 0.479 e. The van der Waals surface area contributed by atoms with E-state index in [1.165, 1.54) is 6.92 Å². The highest BCUT2D eigenvalue weighted by Gasteiger charge is 2.73. The van der Waals surface area contributed by atoms with Gasteiger partial charge in [0.05, 0.1) is 37.4 Å². The quantitative estimate of drug-likeness (QED) is 0.0421. The molecule has 8 fully saturated rings. The van der Waals surface area contributed by atoms with Crippen LogP contribution in [0.3, 0.4) is 0 Å². The number of aliphatic hydroxyl groups is 12. The van der Waals surface area contributed by atoms with E-state index in [4.69, 9.17) is 47.4 Å². The number of hydrogen-bond donors (Lipinski definition) is 13. The van der Waals surface area contributed by atoms with Crippen molar-refractivity contribution in [3.63, 3.8) is 0 Å². The van der Waals surface area contributed by atoms with Crippen LogP contribution in [0.1, 0.15) is 114 Å². The van der Waals surface area contributed by atoms with Crippen LogP contribution in [-0.4, -0.2) is 246 Å². The summed E-state index contributed by atoms with van der Waals surface area (Å²) in [5.41, 5.74) is -3.17. The second kappa shape index (κ2) is 24.4. The van der Waals surface area contributed by atoms with Crippen molar-refractivity contribution >= 4 is 17.9 Å². The van der Waals surface area contributed by atoms with Crippen LogP contribution in [0, 0.1) is 50.2 Å². The molecule has 29 atom stereocenters. The zero-order valence-electron chi connectivity index (χ0n) is 50.0. The first kappa shape index (κ1) is 66.5. The van der Waals surface area contributed by atoms with Crippen LogP contribution in [-0.2, 0) is 61.8 Å². The highest BCUT2D eigenvalue weighted by molar-refractivity contribution is 5.87. The molecule has 0 amide bonds. The Kier molecular flexibility index (Phi) is 19.1. The molecule has 0 radical (unpaired) electrons. The van der Waals surface area contributed by atoms with Gasteiger partial charge in [0.25, 0.3) is 0 Å². The molecule has 0 bridgehead atoms. The van der Waals surface area contributed by atoms with E-state index in [2.05, 4.69) is 26.8 Å². The van der Waals surface area contributed by atoms with Gasteiger partial charge in [-0.05, 0) is 98.2 Å². The minimum Gasteiger partial charge on any atom is -0.479 e. The van der Waals surface area contributed by atoms with Gasteiger partial charge in [-0.3, -0.25) is 4.79 Å². The SMILES string of the molecule is C/C=C(\C)C(=O)O[C@H]1[C@H](O)[C@]2(COC(C)=O)[C@H](O)C[C@]3(C)C(=CC[C@@H]4[C@@]5(C)CC[C@H](O[C@H]6O[C@H](C(=O)O)[C@@H](O)[C@H](O[C@@H]7OC[C@H](O)[C@H](O)[C@H]7O[C@@H]7OC[C@@H](O)[C@H](O)[C@H]7O)[C@H]6O[C@@H]6O[C@H](CO)[C@H](O)[C@H](O)[C@H]6O)C(C)(C)[C@@H]5CC[C@]43C)[C@@H]2CC1(C)C. The lowest BCUT2D eigenvalue weighted by Crippen LogP contribution is -2.72. The van der Waals surface area contributed by atoms with E-state index in [1.807, 2.05) is 27.7 Å². The lowest BCUT2D eigenvalue weighted by atomic mass is 9.33. The van der Waals surface area contributed by atoms with Gasteiger partial charge in [0.1, 0.15) is 98.2 Å². The summed E-state index contributed by atoms with van der Waals surface area (Å²) < 4.78 is 60.4. The second-order valence-electron chi connectivity index (χ2n) is 27.6. The molecule has 484 valence electrons. The second-order valence-corrected chi connectivity index (χ2v) is 27.6. The van der Waals surface area contributed by atoms with Gasteiger partial charge in [-0.25, -0.2) is 9.59 Å². The standard InChI is InChI=1S/C59H92O26/c1-11-24(2)49(75)85-47-46(72)59(23-78-25(3)61)27(18-54(47,4)5)26-12-13-32-56(8)16-15-34(55(6,7)31(56)14-17-57(32,9)58(26,10)19-33(59)64)80-53-45(84-51-40(70)38(68)37(67)30(20-60)79-51)42(41(71)43(82-53)48(73)74)81-52-44(36(66)29(63)22-77-52)83-50-39(69)35(65)28(62)21-76-50/h11-12,27-47,50-53,60,62-72H,13-23H2,1-10H3,(H,73,74)/b24-11+/t27-,28+,29-,30+,31-,32+,33+,34-,35-,36-,37-,38-,39+,40+,41-,42-,43-,44+,45+,46-,47-,50-,51-,52-,53-,56-,57+,58+,59-/m0/s1. The average molecular weight is 1220 g/mol. The van der Waals surface area contributed by atoms with Gasteiger partial charge >= 0.3 is 17.9 Å². The lowest BCUT2D eigenvalue weighted by molar-refractivity contribution is -0.399. The molecule has 4 saturated carbocycles. The topological polar surface area (TPSA) is 407 Å². The van der Waals surface area contributed by atoms with Crippen LogP contribution in [0.2, 0.25) is 0 Å². The summed E-state index contributed by atoms with van der Waals surface area (Å²) in [5.74, 6) is -3.49. The molecule has 9 rings (SSSR count). The summed E-state index contributed by atoms with van der Waals surface area (Å²) in [4.78, 5) is 39.1. The van der Waals surface area contributed by atoms with E-state index in [1.54, 1.807) is 19.9 Å². The van der Waals surface area contributed by atoms with Crippen LogP contribution in [0.15, 0.2) is 23.3 Å². The van der Waals surface area contributed by atoms with E-state index >= 15 is 0 Å². The van der Waals surface area contributed by atoms with Crippen LogP contribution in [0.5, 0.6) is 0 Å². The van der Waals surface area contributed by atoms with Crippen LogP contribution >= 0.6 is 0 Å². The minimum atomic E-state index is -2.21. The average Bonchev–Trinajstić information content (AvgIpc) is 0.706. The maximum Gasteiger partial charge on any atom is 0.335 e. The molecule has 85 heavy (non-hydrogen) atoms. The fraction of sp³-hybridized carbons (Fsp3) is 0.881. The van der Waals surface area contributed by atoms with Crippen molar-refractivity contribution < 1.29 is 128 Å². The number of carbonyl (C=O) groups is 3. The van der Waals surface area contributed by atoms with Gasteiger partial charge in [-0.1, -0.05) is 66.2 Å². The van der Waals surface area contributed by atoms with Crippen LogP contribution in [0.25, 0.3) is 0 Å². The summed E-state index contributed by atoms with van der Waals surface area (Å²) in [6.45, 7) is 16.9. The number of carboxylic acid groups (broad SMARTS) is 1. The van der Waals surface area contributed by atoms with Crippen LogP contribution in [0.4, 0.5) is 0 Å². The molecule has 4 saturated heterocycles. The van der Waals surface area contributed by atoms with Gasteiger partial charge in [0, 0.05) is 17.9 Å². The Hall–Kier alpha value is -2.91. The number of carboxylic acids is 1. The number of fused-ring (bicyclic) bond motifs is 7. The first-order chi connectivity index (χ1) is 39.7. The molecule has 9 aliphatic rings. The van der Waals surface area contributed by atoms with Gasteiger partial charge in [-0.2, -0.15) is 0 Å². The van der Waals surface area contributed by atoms with Crippen molar-refractivity contribution in [2.75, 3.05) is 26.4 Å². The van der Waals surface area contributed by atoms with Crippen LogP contribution < -0.4 is 0 Å². The number of allylic oxidation sites excluding steroid dienone is 3. The molecule has 5 aliphatic carbocycles. The fourth-order valence-electron chi connectivity index (χ4n) is 17.0. The Morgan fingerprint density at radius 3 is 1.93 bits per heavy atom. The minimum absolute atomic E-state index is 0.00886. The molecule has 0 spiro atoms. The monoisotopic (exact) mass is 1220 g/mol. The van der Waals surface area contributed by atoms with Gasteiger partial charge in [0.2, 0.25) is 0 Å². The number of carbonyl (C=O) groups excluding carboxylic acids is 2. The molecule has 4 aliphatic heterocycles. The third-order valence-electron chi connectivity index (χ3n) is 22.2. The number of aliphatic hydroxyl groups excluding tert-OH is 12. The zero-order chi connectivity index (χ0) is 62.6. The summed E-state index contributed by atoms with van der Waals surface area (Å²) in [5, 5.41) is 145. The Morgan fingerprint density at radius 2 is 1.29 bits per heavy atom. The molecule has 0 aromatic rings. The van der Waals surface area contributed by atoms with Gasteiger partial charge in [-0.15, -0.1) is 0 Å². The molecular weight excluding hydrogens is 1120 g/mol. The smallest absolute Gasteiger partial charge is 0.335 e. The molecule has 26 nitrogen and oxygen atoms in total. The highest BCUT2D eigenvalue weighted by atomic mass is 16.8. The predicted molar refractivity (Wildman–Crippen MR) is 288 cm³/mol. The molecule has 26 heteroatoms. The van der Waals surface area contributed by atoms with E-state index in [0.717, 1.165) is 5.57 Å². The van der Waals surface area contributed by atoms with Crippen molar-refractivity contribution in [2.24, 2.45) is 50.2 Å². The third kappa shape index (κ3) is 11.2. The number of esters is 2. The number of aliphatic carboxylic acids is 1. The predicted octanol–water partition coefficient (Wildman–Crippen LogP) is -1.19. The van der Waals surface area contributed by atoms with Gasteiger partial charge < -0.3 is 114 Å². The zero-order valence-corrected chi connectivity index (χ0v) is 50.0. The number of hydrogen-bond acceptors (Lipinski definition) is 25. The maximum atomic E-state index is 13.4. The van der Waals surface area contributed by atoms with Crippen molar-refractivity contribution in [1.29, 1.82) is 0 Å². The third-order valence-corrected chi connectivity index (χ3v) is 22.2. The lowest BCUT2D eigenvalue weighted by Gasteiger charge is -2.72. The molecule has 0 unspecified atom stereocenters. The first-order valence-electron chi connectivity index (χ1n) is 29.8. The van der Waals surface area contributed by atoms with E-state index < -0.39 is 211 Å². The molecule has 0 aromatic carbocycles.